The number of nitriles is 1. The Labute approximate surface area is 136 Å². The van der Waals surface area contributed by atoms with Crippen LogP contribution in [0.2, 0.25) is 0 Å². The van der Waals surface area contributed by atoms with Gasteiger partial charge in [-0.2, -0.15) is 10.2 Å². The topological polar surface area (TPSA) is 68.1 Å². The third kappa shape index (κ3) is 3.76. The third-order valence-electron chi connectivity index (χ3n) is 4.05. The highest BCUT2D eigenvalue weighted by atomic mass is 15.3. The van der Waals surface area contributed by atoms with Crippen LogP contribution in [0.3, 0.4) is 0 Å². The molecule has 0 radical (unpaired) electrons. The van der Waals surface area contributed by atoms with E-state index < -0.39 is 0 Å². The number of aromatic nitrogens is 2. The van der Waals surface area contributed by atoms with Crippen molar-refractivity contribution in [3.05, 3.63) is 42.1 Å². The maximum atomic E-state index is 8.83. The fourth-order valence-corrected chi connectivity index (χ4v) is 2.64. The highest BCUT2D eigenvalue weighted by molar-refractivity contribution is 5.56. The Bertz CT molecular complexity index is 683. The zero-order chi connectivity index (χ0) is 16.1. The van der Waals surface area contributed by atoms with Crippen molar-refractivity contribution in [1.82, 2.24) is 14.9 Å². The summed E-state index contributed by atoms with van der Waals surface area (Å²) in [6.45, 7) is 7.41. The number of likely N-dealkylation sites (N-methyl/N-ethyl adjacent to an activating group) is 1. The molecule has 0 bridgehead atoms. The van der Waals surface area contributed by atoms with Crippen LogP contribution in [0.4, 0.5) is 17.5 Å². The van der Waals surface area contributed by atoms with Crippen molar-refractivity contribution >= 4 is 17.5 Å². The maximum absolute atomic E-state index is 8.83. The quantitative estimate of drug-likeness (QED) is 0.934. The minimum absolute atomic E-state index is 0.574. The summed E-state index contributed by atoms with van der Waals surface area (Å²) in [5, 5.41) is 12.0. The molecule has 1 fully saturated rings. The molecule has 0 spiro atoms. The molecule has 0 aliphatic carbocycles. The minimum atomic E-state index is 0.574. The molecule has 1 aliphatic rings. The van der Waals surface area contributed by atoms with Crippen molar-refractivity contribution in [3.8, 4) is 6.07 Å². The zero-order valence-corrected chi connectivity index (χ0v) is 13.2. The summed E-state index contributed by atoms with van der Waals surface area (Å²) in [6.07, 6.45) is 1.78. The predicted molar refractivity (Wildman–Crippen MR) is 90.8 cm³/mol. The van der Waals surface area contributed by atoms with Gasteiger partial charge in [0.25, 0.3) is 0 Å². The normalized spacial score (nSPS) is 15.2. The van der Waals surface area contributed by atoms with Crippen LogP contribution in [0.25, 0.3) is 0 Å². The molecule has 118 valence electrons. The number of nitrogens with one attached hydrogen (secondary N) is 1. The van der Waals surface area contributed by atoms with Crippen molar-refractivity contribution in [2.75, 3.05) is 42.9 Å². The maximum Gasteiger partial charge on any atom is 0.229 e. The van der Waals surface area contributed by atoms with Gasteiger partial charge in [-0.1, -0.05) is 6.92 Å². The lowest BCUT2D eigenvalue weighted by Gasteiger charge is -2.34. The summed E-state index contributed by atoms with van der Waals surface area (Å²) in [5.74, 6) is 1.53. The zero-order valence-electron chi connectivity index (χ0n) is 13.2. The molecule has 6 nitrogen and oxygen atoms in total. The molecule has 23 heavy (non-hydrogen) atoms. The van der Waals surface area contributed by atoms with Crippen molar-refractivity contribution in [2.24, 2.45) is 0 Å². The van der Waals surface area contributed by atoms with E-state index in [4.69, 9.17) is 5.26 Å². The van der Waals surface area contributed by atoms with E-state index in [1.807, 2.05) is 18.2 Å². The van der Waals surface area contributed by atoms with Crippen molar-refractivity contribution in [2.45, 2.75) is 6.92 Å². The van der Waals surface area contributed by atoms with Crippen LogP contribution in [0.5, 0.6) is 0 Å². The van der Waals surface area contributed by atoms with Gasteiger partial charge >= 0.3 is 0 Å². The summed E-state index contributed by atoms with van der Waals surface area (Å²) in [6, 6.07) is 11.3. The molecular formula is C17H20N6. The Morgan fingerprint density at radius 1 is 1.13 bits per heavy atom. The van der Waals surface area contributed by atoms with Crippen molar-refractivity contribution in [1.29, 1.82) is 5.26 Å². The molecular weight excluding hydrogens is 288 g/mol. The van der Waals surface area contributed by atoms with Crippen LogP contribution in [0.15, 0.2) is 36.5 Å². The first-order valence-corrected chi connectivity index (χ1v) is 7.86. The Morgan fingerprint density at radius 3 is 2.52 bits per heavy atom. The van der Waals surface area contributed by atoms with E-state index in [-0.39, 0.29) is 0 Å². The van der Waals surface area contributed by atoms with Gasteiger partial charge in [-0.15, -0.1) is 0 Å². The van der Waals surface area contributed by atoms with E-state index in [1.54, 1.807) is 18.3 Å². The molecule has 0 amide bonds. The van der Waals surface area contributed by atoms with Crippen LogP contribution in [-0.2, 0) is 0 Å². The molecule has 2 heterocycles. The standard InChI is InChI=1S/C17H20N6/c1-2-22-9-11-23(12-10-22)16-7-8-19-17(21-16)20-15-5-3-14(13-18)4-6-15/h3-8H,2,9-12H2,1H3,(H,19,20,21). The first kappa shape index (κ1) is 15.3. The smallest absolute Gasteiger partial charge is 0.229 e. The van der Waals surface area contributed by atoms with Crippen LogP contribution < -0.4 is 10.2 Å². The average Bonchev–Trinajstić information content (AvgIpc) is 2.63. The molecule has 1 saturated heterocycles. The summed E-state index contributed by atoms with van der Waals surface area (Å²) in [7, 11) is 0. The molecule has 0 unspecified atom stereocenters. The number of anilines is 3. The lowest BCUT2D eigenvalue weighted by Crippen LogP contribution is -2.46. The molecule has 2 aromatic rings. The van der Waals surface area contributed by atoms with Gasteiger partial charge in [-0.25, -0.2) is 4.98 Å². The number of benzene rings is 1. The van der Waals surface area contributed by atoms with Crippen LogP contribution in [-0.4, -0.2) is 47.6 Å². The van der Waals surface area contributed by atoms with E-state index in [0.29, 0.717) is 11.5 Å². The summed E-state index contributed by atoms with van der Waals surface area (Å²) >= 11 is 0. The average molecular weight is 308 g/mol. The molecule has 1 aromatic carbocycles. The molecule has 0 atom stereocenters. The van der Waals surface area contributed by atoms with Gasteiger partial charge in [0, 0.05) is 38.1 Å². The fraction of sp³-hybridized carbons (Fsp3) is 0.353. The molecule has 3 rings (SSSR count). The van der Waals surface area contributed by atoms with Gasteiger partial charge in [0.1, 0.15) is 5.82 Å². The highest BCUT2D eigenvalue weighted by Crippen LogP contribution is 2.18. The van der Waals surface area contributed by atoms with Crippen LogP contribution in [0, 0.1) is 11.3 Å². The monoisotopic (exact) mass is 308 g/mol. The van der Waals surface area contributed by atoms with Gasteiger partial charge in [-0.3, -0.25) is 0 Å². The number of nitrogens with zero attached hydrogens (tertiary/aromatic N) is 5. The second kappa shape index (κ2) is 7.07. The fourth-order valence-electron chi connectivity index (χ4n) is 2.64. The second-order valence-corrected chi connectivity index (χ2v) is 5.47. The van der Waals surface area contributed by atoms with Gasteiger partial charge in [-0.05, 0) is 36.9 Å². The molecule has 1 aromatic heterocycles. The van der Waals surface area contributed by atoms with Gasteiger partial charge < -0.3 is 15.1 Å². The first-order valence-electron chi connectivity index (χ1n) is 7.86. The Kier molecular flexibility index (Phi) is 4.69. The number of hydrogen-bond acceptors (Lipinski definition) is 6. The lowest BCUT2D eigenvalue weighted by atomic mass is 10.2. The first-order chi connectivity index (χ1) is 11.3. The summed E-state index contributed by atoms with van der Waals surface area (Å²) in [4.78, 5) is 13.6. The summed E-state index contributed by atoms with van der Waals surface area (Å²) < 4.78 is 0. The van der Waals surface area contributed by atoms with Crippen molar-refractivity contribution < 1.29 is 0 Å². The van der Waals surface area contributed by atoms with Gasteiger partial charge in [0.15, 0.2) is 0 Å². The Balaban J connectivity index is 1.68. The number of hydrogen-bond donors (Lipinski definition) is 1. The number of rotatable bonds is 4. The van der Waals surface area contributed by atoms with E-state index in [0.717, 1.165) is 44.2 Å². The molecule has 1 aliphatic heterocycles. The minimum Gasteiger partial charge on any atom is -0.354 e. The second-order valence-electron chi connectivity index (χ2n) is 5.47. The van der Waals surface area contributed by atoms with Crippen LogP contribution >= 0.6 is 0 Å². The molecule has 6 heteroatoms. The Hall–Kier alpha value is -2.65. The van der Waals surface area contributed by atoms with E-state index >= 15 is 0 Å². The summed E-state index contributed by atoms with van der Waals surface area (Å²) in [5.41, 5.74) is 1.51. The van der Waals surface area contributed by atoms with E-state index in [2.05, 4.69) is 38.1 Å². The number of piperazine rings is 1. The molecule has 1 N–H and O–H groups in total. The SMILES string of the molecule is CCN1CCN(c2ccnc(Nc3ccc(C#N)cc3)n2)CC1. The van der Waals surface area contributed by atoms with E-state index in [1.165, 1.54) is 0 Å². The van der Waals surface area contributed by atoms with E-state index in [9.17, 15) is 0 Å². The van der Waals surface area contributed by atoms with Gasteiger partial charge in [0.05, 0.1) is 11.6 Å². The largest absolute Gasteiger partial charge is 0.354 e. The van der Waals surface area contributed by atoms with Crippen molar-refractivity contribution in [3.63, 3.8) is 0 Å². The third-order valence-corrected chi connectivity index (χ3v) is 4.05. The lowest BCUT2D eigenvalue weighted by molar-refractivity contribution is 0.270. The molecule has 0 saturated carbocycles. The Morgan fingerprint density at radius 2 is 1.87 bits per heavy atom. The van der Waals surface area contributed by atoms with Gasteiger partial charge in [0.2, 0.25) is 5.95 Å². The highest BCUT2D eigenvalue weighted by Gasteiger charge is 2.17. The van der Waals surface area contributed by atoms with Crippen LogP contribution in [0.1, 0.15) is 12.5 Å². The predicted octanol–water partition coefficient (Wildman–Crippen LogP) is 2.23.